The molecule has 0 bridgehead atoms. The third-order valence-corrected chi connectivity index (χ3v) is 2.18. The van der Waals surface area contributed by atoms with Gasteiger partial charge in [-0.3, -0.25) is 14.8 Å². The number of rotatable bonds is 3. The first-order valence-electron chi connectivity index (χ1n) is 4.87. The Balaban J connectivity index is 2.29. The molecule has 0 aliphatic carbocycles. The lowest BCUT2D eigenvalue weighted by atomic mass is 10.3. The summed E-state index contributed by atoms with van der Waals surface area (Å²) in [5.74, 6) is 0.210. The van der Waals surface area contributed by atoms with E-state index < -0.39 is 4.92 Å². The van der Waals surface area contributed by atoms with Crippen LogP contribution in [0.25, 0.3) is 0 Å². The summed E-state index contributed by atoms with van der Waals surface area (Å²) >= 11 is 0. The van der Waals surface area contributed by atoms with E-state index in [1.807, 2.05) is 0 Å². The first-order chi connectivity index (χ1) is 8.06. The SMILES string of the molecule is Cn1cc([N+](=O)[O-])c(Nc2ccc(N)cc2)n1. The molecule has 88 valence electrons. The third kappa shape index (κ3) is 2.33. The van der Waals surface area contributed by atoms with Crippen molar-refractivity contribution in [2.24, 2.45) is 7.05 Å². The van der Waals surface area contributed by atoms with Crippen LogP contribution in [-0.2, 0) is 7.05 Å². The average molecular weight is 233 g/mol. The molecule has 0 saturated carbocycles. The molecular weight excluding hydrogens is 222 g/mol. The fourth-order valence-electron chi connectivity index (χ4n) is 1.40. The number of nitrogens with zero attached hydrogens (tertiary/aromatic N) is 3. The van der Waals surface area contributed by atoms with Gasteiger partial charge in [-0.15, -0.1) is 5.10 Å². The molecule has 0 saturated heterocycles. The highest BCUT2D eigenvalue weighted by Crippen LogP contribution is 2.25. The lowest BCUT2D eigenvalue weighted by Gasteiger charge is -2.02. The highest BCUT2D eigenvalue weighted by molar-refractivity contribution is 5.65. The normalized spacial score (nSPS) is 10.2. The van der Waals surface area contributed by atoms with Crippen LogP contribution >= 0.6 is 0 Å². The van der Waals surface area contributed by atoms with E-state index in [0.717, 1.165) is 0 Å². The molecule has 7 nitrogen and oxygen atoms in total. The zero-order valence-corrected chi connectivity index (χ0v) is 9.12. The van der Waals surface area contributed by atoms with Crippen LogP contribution < -0.4 is 11.1 Å². The second-order valence-electron chi connectivity index (χ2n) is 3.54. The zero-order valence-electron chi connectivity index (χ0n) is 9.12. The summed E-state index contributed by atoms with van der Waals surface area (Å²) in [6, 6.07) is 6.87. The summed E-state index contributed by atoms with van der Waals surface area (Å²) in [7, 11) is 1.63. The Bertz CT molecular complexity index is 546. The number of nitrogens with one attached hydrogen (secondary N) is 1. The van der Waals surface area contributed by atoms with Crippen LogP contribution in [0.4, 0.5) is 22.9 Å². The van der Waals surface area contributed by atoms with Crippen LogP contribution in [-0.4, -0.2) is 14.7 Å². The molecule has 0 amide bonds. The van der Waals surface area contributed by atoms with Gasteiger partial charge in [0.05, 0.1) is 4.92 Å². The molecule has 0 atom stereocenters. The first kappa shape index (κ1) is 10.9. The largest absolute Gasteiger partial charge is 0.399 e. The van der Waals surface area contributed by atoms with Crippen molar-refractivity contribution in [3.63, 3.8) is 0 Å². The molecule has 2 rings (SSSR count). The topological polar surface area (TPSA) is 99.0 Å². The van der Waals surface area contributed by atoms with Crippen LogP contribution in [0, 0.1) is 10.1 Å². The molecular formula is C10H11N5O2. The van der Waals surface area contributed by atoms with Crippen molar-refractivity contribution < 1.29 is 4.92 Å². The van der Waals surface area contributed by atoms with E-state index in [1.54, 1.807) is 31.3 Å². The third-order valence-electron chi connectivity index (χ3n) is 2.18. The van der Waals surface area contributed by atoms with Crippen molar-refractivity contribution in [1.82, 2.24) is 9.78 Å². The van der Waals surface area contributed by atoms with Crippen molar-refractivity contribution >= 4 is 22.9 Å². The minimum absolute atomic E-state index is 0.0654. The molecule has 1 heterocycles. The maximum atomic E-state index is 10.8. The monoisotopic (exact) mass is 233 g/mol. The summed E-state index contributed by atoms with van der Waals surface area (Å²) in [5.41, 5.74) is 6.81. The van der Waals surface area contributed by atoms with Crippen LogP contribution in [0.15, 0.2) is 30.5 Å². The maximum Gasteiger partial charge on any atom is 0.331 e. The van der Waals surface area contributed by atoms with E-state index in [-0.39, 0.29) is 11.5 Å². The van der Waals surface area contributed by atoms with Crippen LogP contribution in [0.2, 0.25) is 0 Å². The Morgan fingerprint density at radius 2 is 2.06 bits per heavy atom. The van der Waals surface area contributed by atoms with Gasteiger partial charge < -0.3 is 11.1 Å². The van der Waals surface area contributed by atoms with Gasteiger partial charge in [0.25, 0.3) is 0 Å². The lowest BCUT2D eigenvalue weighted by molar-refractivity contribution is -0.384. The predicted molar refractivity (Wildman–Crippen MR) is 64.0 cm³/mol. The number of nitrogens with two attached hydrogens (primary N) is 1. The van der Waals surface area contributed by atoms with E-state index in [4.69, 9.17) is 5.73 Å². The predicted octanol–water partition coefficient (Wildman–Crippen LogP) is 1.65. The number of hydrogen-bond acceptors (Lipinski definition) is 5. The van der Waals surface area contributed by atoms with E-state index in [0.29, 0.717) is 11.4 Å². The van der Waals surface area contributed by atoms with Gasteiger partial charge in [0.15, 0.2) is 0 Å². The smallest absolute Gasteiger partial charge is 0.331 e. The van der Waals surface area contributed by atoms with Crippen molar-refractivity contribution in [3.05, 3.63) is 40.6 Å². The molecule has 0 fully saturated rings. The van der Waals surface area contributed by atoms with Crippen molar-refractivity contribution in [1.29, 1.82) is 0 Å². The summed E-state index contributed by atoms with van der Waals surface area (Å²) in [6.07, 6.45) is 1.35. The van der Waals surface area contributed by atoms with Gasteiger partial charge >= 0.3 is 5.69 Å². The molecule has 0 spiro atoms. The van der Waals surface area contributed by atoms with Gasteiger partial charge in [-0.05, 0) is 24.3 Å². The summed E-state index contributed by atoms with van der Waals surface area (Å²) < 4.78 is 1.39. The number of anilines is 3. The molecule has 7 heteroatoms. The number of hydrogen-bond donors (Lipinski definition) is 2. The van der Waals surface area contributed by atoms with Gasteiger partial charge in [-0.25, -0.2) is 0 Å². The lowest BCUT2D eigenvalue weighted by Crippen LogP contribution is -1.96. The second-order valence-corrected chi connectivity index (χ2v) is 3.54. The average Bonchev–Trinajstić information content (AvgIpc) is 2.63. The maximum absolute atomic E-state index is 10.8. The quantitative estimate of drug-likeness (QED) is 0.477. The van der Waals surface area contributed by atoms with Gasteiger partial charge in [0.2, 0.25) is 5.82 Å². The zero-order chi connectivity index (χ0) is 12.4. The Kier molecular flexibility index (Phi) is 2.65. The molecule has 3 N–H and O–H groups in total. The minimum atomic E-state index is -0.480. The van der Waals surface area contributed by atoms with E-state index >= 15 is 0 Å². The highest BCUT2D eigenvalue weighted by Gasteiger charge is 2.18. The number of benzene rings is 1. The standard InChI is InChI=1S/C10H11N5O2/c1-14-6-9(15(16)17)10(13-14)12-8-4-2-7(11)3-5-8/h2-6H,11H2,1H3,(H,12,13). The van der Waals surface area contributed by atoms with Crippen molar-refractivity contribution in [3.8, 4) is 0 Å². The Morgan fingerprint density at radius 3 is 2.65 bits per heavy atom. The summed E-state index contributed by atoms with van der Waals surface area (Å²) in [4.78, 5) is 10.3. The van der Waals surface area contributed by atoms with Crippen molar-refractivity contribution in [2.45, 2.75) is 0 Å². The van der Waals surface area contributed by atoms with Gasteiger partial charge in [0.1, 0.15) is 6.20 Å². The Hall–Kier alpha value is -2.57. The number of aromatic nitrogens is 2. The minimum Gasteiger partial charge on any atom is -0.399 e. The van der Waals surface area contributed by atoms with Gasteiger partial charge in [-0.1, -0.05) is 0 Å². The molecule has 0 aliphatic rings. The van der Waals surface area contributed by atoms with Crippen LogP contribution in [0.1, 0.15) is 0 Å². The highest BCUT2D eigenvalue weighted by atomic mass is 16.6. The Labute approximate surface area is 97.0 Å². The molecule has 2 aromatic rings. The second kappa shape index (κ2) is 4.12. The molecule has 0 unspecified atom stereocenters. The molecule has 1 aromatic heterocycles. The summed E-state index contributed by atoms with van der Waals surface area (Å²) in [5, 5.41) is 17.6. The van der Waals surface area contributed by atoms with Gasteiger partial charge in [-0.2, -0.15) is 0 Å². The van der Waals surface area contributed by atoms with Gasteiger partial charge in [0, 0.05) is 18.4 Å². The summed E-state index contributed by atoms with van der Waals surface area (Å²) in [6.45, 7) is 0. The number of nitrogen functional groups attached to an aromatic ring is 1. The first-order valence-corrected chi connectivity index (χ1v) is 4.87. The Morgan fingerprint density at radius 1 is 1.41 bits per heavy atom. The van der Waals surface area contributed by atoms with E-state index in [1.165, 1.54) is 10.9 Å². The fourth-order valence-corrected chi connectivity index (χ4v) is 1.40. The van der Waals surface area contributed by atoms with E-state index in [2.05, 4.69) is 10.4 Å². The van der Waals surface area contributed by atoms with E-state index in [9.17, 15) is 10.1 Å². The van der Waals surface area contributed by atoms with Crippen LogP contribution in [0.5, 0.6) is 0 Å². The number of aryl methyl sites for hydroxylation is 1. The van der Waals surface area contributed by atoms with Crippen LogP contribution in [0.3, 0.4) is 0 Å². The fraction of sp³-hybridized carbons (Fsp3) is 0.100. The molecule has 1 aromatic carbocycles. The number of nitro groups is 1. The molecule has 17 heavy (non-hydrogen) atoms. The van der Waals surface area contributed by atoms with Crippen molar-refractivity contribution in [2.75, 3.05) is 11.1 Å². The molecule has 0 aliphatic heterocycles. The molecule has 0 radical (unpaired) electrons.